The van der Waals surface area contributed by atoms with Gasteiger partial charge in [-0.2, -0.15) is 0 Å². The molecule has 10 heteroatoms. The largest absolute Gasteiger partial charge is 0.497 e. The molecule has 208 valence electrons. The Bertz CT molecular complexity index is 1350. The van der Waals surface area contributed by atoms with Crippen LogP contribution in [0.5, 0.6) is 5.75 Å². The van der Waals surface area contributed by atoms with Crippen molar-refractivity contribution in [2.45, 2.75) is 44.3 Å². The van der Waals surface area contributed by atoms with E-state index in [1.165, 1.54) is 0 Å². The lowest BCUT2D eigenvalue weighted by Crippen LogP contribution is -2.41. The first-order chi connectivity index (χ1) is 18.7. The molecule has 39 heavy (non-hydrogen) atoms. The number of hydrogen-bond donors (Lipinski definition) is 0. The number of likely N-dealkylation sites (tertiary alicyclic amines) is 1. The number of carbonyl (C=O) groups excluding carboxylic acids is 2. The van der Waals surface area contributed by atoms with Gasteiger partial charge in [0.25, 0.3) is 5.91 Å². The number of benzene rings is 2. The fourth-order valence-electron chi connectivity index (χ4n) is 5.19. The van der Waals surface area contributed by atoms with Gasteiger partial charge in [-0.3, -0.25) is 14.2 Å². The van der Waals surface area contributed by atoms with E-state index < -0.39 is 5.92 Å². The van der Waals surface area contributed by atoms with E-state index in [1.54, 1.807) is 35.9 Å². The molecule has 0 N–H and O–H groups in total. The molecule has 1 aromatic heterocycles. The number of rotatable bonds is 10. The van der Waals surface area contributed by atoms with Gasteiger partial charge in [-0.25, -0.2) is 0 Å². The minimum Gasteiger partial charge on any atom is -0.497 e. The standard InChI is InChI=1S/C29H34ClN3O5S/c1-19(28(35)38-16-13-29(39-31-36)11-14-32(3)15-12-29)17-24-20(2)33(26-10-9-23(37-4)18-25(24)26)27(34)21-5-7-22(30)8-6-21/h5-10,18-19H,11-17H2,1-4H3. The third-order valence-corrected chi connectivity index (χ3v) is 9.01. The van der Waals surface area contributed by atoms with Crippen LogP contribution in [0.15, 0.2) is 47.0 Å². The highest BCUT2D eigenvalue weighted by Gasteiger charge is 2.36. The van der Waals surface area contributed by atoms with E-state index in [0.717, 1.165) is 60.0 Å². The highest BCUT2D eigenvalue weighted by atomic mass is 35.5. The summed E-state index contributed by atoms with van der Waals surface area (Å²) in [5.41, 5.74) is 2.91. The van der Waals surface area contributed by atoms with Gasteiger partial charge in [0, 0.05) is 42.9 Å². The topological polar surface area (TPSA) is 90.2 Å². The summed E-state index contributed by atoms with van der Waals surface area (Å²) in [7, 11) is 3.65. The van der Waals surface area contributed by atoms with Crippen molar-refractivity contribution < 1.29 is 19.1 Å². The zero-order chi connectivity index (χ0) is 28.2. The van der Waals surface area contributed by atoms with Crippen LogP contribution in [-0.4, -0.2) is 59.9 Å². The van der Waals surface area contributed by atoms with Crippen molar-refractivity contribution in [2.24, 2.45) is 10.5 Å². The van der Waals surface area contributed by atoms with Gasteiger partial charge in [0.2, 0.25) is 0 Å². The van der Waals surface area contributed by atoms with Crippen molar-refractivity contribution in [3.05, 3.63) is 69.2 Å². The highest BCUT2D eigenvalue weighted by molar-refractivity contribution is 7.99. The number of aromatic nitrogens is 1. The summed E-state index contributed by atoms with van der Waals surface area (Å²) in [6.45, 7) is 5.72. The molecule has 2 aromatic carbocycles. The molecule has 2 heterocycles. The average Bonchev–Trinajstić information content (AvgIpc) is 3.20. The Morgan fingerprint density at radius 3 is 2.49 bits per heavy atom. The minimum atomic E-state index is -0.440. The maximum absolute atomic E-state index is 13.5. The Kier molecular flexibility index (Phi) is 9.35. The molecule has 1 saturated heterocycles. The third-order valence-electron chi connectivity index (χ3n) is 7.68. The Morgan fingerprint density at radius 2 is 1.85 bits per heavy atom. The minimum absolute atomic E-state index is 0.175. The Morgan fingerprint density at radius 1 is 1.15 bits per heavy atom. The number of piperidine rings is 1. The molecule has 4 rings (SSSR count). The Labute approximate surface area is 238 Å². The number of ether oxygens (including phenoxy) is 2. The van der Waals surface area contributed by atoms with Crippen LogP contribution in [-0.2, 0) is 16.0 Å². The summed E-state index contributed by atoms with van der Waals surface area (Å²) in [4.78, 5) is 39.9. The number of nitroso groups, excluding NO2 is 1. The lowest BCUT2D eigenvalue weighted by Gasteiger charge is -2.37. The molecule has 1 aliphatic heterocycles. The Hall–Kier alpha value is -2.88. The van der Waals surface area contributed by atoms with Gasteiger partial charge >= 0.3 is 5.97 Å². The van der Waals surface area contributed by atoms with Crippen LogP contribution < -0.4 is 4.74 Å². The predicted molar refractivity (Wildman–Crippen MR) is 156 cm³/mol. The molecule has 0 aliphatic carbocycles. The van der Waals surface area contributed by atoms with E-state index in [2.05, 4.69) is 16.5 Å². The zero-order valence-electron chi connectivity index (χ0n) is 22.7. The van der Waals surface area contributed by atoms with E-state index >= 15 is 0 Å². The number of nitrogens with zero attached hydrogens (tertiary/aromatic N) is 3. The monoisotopic (exact) mass is 571 g/mol. The molecule has 1 aliphatic rings. The van der Waals surface area contributed by atoms with Gasteiger partial charge < -0.3 is 14.4 Å². The number of carbonyl (C=O) groups is 2. The van der Waals surface area contributed by atoms with Gasteiger partial charge in [-0.05, 0) is 101 Å². The first-order valence-electron chi connectivity index (χ1n) is 13.0. The SMILES string of the molecule is COc1ccc2c(c1)c(CC(C)C(=O)OCCC1(SN=O)CCN(C)CC1)c(C)n2C(=O)c1ccc(Cl)cc1. The van der Waals surface area contributed by atoms with Gasteiger partial charge in [-0.1, -0.05) is 18.5 Å². The summed E-state index contributed by atoms with van der Waals surface area (Å²) in [6.07, 6.45) is 2.64. The fraction of sp³-hybridized carbons (Fsp3) is 0.448. The first kappa shape index (κ1) is 29.1. The molecule has 1 fully saturated rings. The van der Waals surface area contributed by atoms with Crippen LogP contribution in [0.2, 0.25) is 5.02 Å². The van der Waals surface area contributed by atoms with Gasteiger partial charge in [0.15, 0.2) is 0 Å². The van der Waals surface area contributed by atoms with Gasteiger partial charge in [0.1, 0.15) is 5.75 Å². The third kappa shape index (κ3) is 6.48. The molecule has 0 radical (unpaired) electrons. The quantitative estimate of drug-likeness (QED) is 0.160. The number of halogens is 1. The highest BCUT2D eigenvalue weighted by Crippen LogP contribution is 2.39. The lowest BCUT2D eigenvalue weighted by molar-refractivity contribution is -0.148. The maximum atomic E-state index is 13.5. The summed E-state index contributed by atoms with van der Waals surface area (Å²) >= 11 is 7.10. The van der Waals surface area contributed by atoms with Crippen LogP contribution in [0.3, 0.4) is 0 Å². The first-order valence-corrected chi connectivity index (χ1v) is 14.2. The molecule has 3 aromatic rings. The molecule has 0 saturated carbocycles. The number of fused-ring (bicyclic) bond motifs is 1. The van der Waals surface area contributed by atoms with Crippen LogP contribution in [0.25, 0.3) is 10.9 Å². The lowest BCUT2D eigenvalue weighted by atomic mass is 9.93. The van der Waals surface area contributed by atoms with Gasteiger partial charge in [0.05, 0.1) is 25.2 Å². The summed E-state index contributed by atoms with van der Waals surface area (Å²) in [6, 6.07) is 12.4. The van der Waals surface area contributed by atoms with Crippen molar-refractivity contribution in [2.75, 3.05) is 33.9 Å². The number of methoxy groups -OCH3 is 1. The van der Waals surface area contributed by atoms with Crippen molar-refractivity contribution in [3.8, 4) is 5.75 Å². The zero-order valence-corrected chi connectivity index (χ0v) is 24.3. The number of esters is 1. The summed E-state index contributed by atoms with van der Waals surface area (Å²) in [5, 5.41) is 1.41. The molecule has 1 unspecified atom stereocenters. The smallest absolute Gasteiger partial charge is 0.308 e. The van der Waals surface area contributed by atoms with Crippen LogP contribution in [0.1, 0.15) is 47.8 Å². The molecule has 0 spiro atoms. The van der Waals surface area contributed by atoms with Crippen LogP contribution in [0, 0.1) is 17.7 Å². The molecule has 0 bridgehead atoms. The number of hydrogen-bond acceptors (Lipinski definition) is 8. The van der Waals surface area contributed by atoms with Crippen molar-refractivity contribution in [3.63, 3.8) is 0 Å². The molecule has 1 atom stereocenters. The van der Waals surface area contributed by atoms with E-state index in [0.29, 0.717) is 29.2 Å². The fourth-order valence-corrected chi connectivity index (χ4v) is 6.02. The van der Waals surface area contributed by atoms with E-state index in [1.807, 2.05) is 32.0 Å². The summed E-state index contributed by atoms with van der Waals surface area (Å²) in [5.74, 6) is -0.260. The van der Waals surface area contributed by atoms with Crippen molar-refractivity contribution in [1.29, 1.82) is 0 Å². The van der Waals surface area contributed by atoms with Crippen LogP contribution >= 0.6 is 23.5 Å². The summed E-state index contributed by atoms with van der Waals surface area (Å²) < 4.78 is 15.6. The molecule has 0 amide bonds. The average molecular weight is 572 g/mol. The van der Waals surface area contributed by atoms with Crippen molar-refractivity contribution in [1.82, 2.24) is 9.47 Å². The van der Waals surface area contributed by atoms with Crippen LogP contribution in [0.4, 0.5) is 0 Å². The normalized spacial score (nSPS) is 16.1. The maximum Gasteiger partial charge on any atom is 0.308 e. The second kappa shape index (κ2) is 12.5. The second-order valence-corrected chi connectivity index (χ2v) is 11.9. The van der Waals surface area contributed by atoms with Crippen molar-refractivity contribution >= 4 is 46.3 Å². The Balaban J connectivity index is 1.53. The second-order valence-electron chi connectivity index (χ2n) is 10.3. The molecular formula is C29H34ClN3O5S. The predicted octanol–water partition coefficient (Wildman–Crippen LogP) is 6.29. The molecule has 8 nitrogen and oxygen atoms in total. The van der Waals surface area contributed by atoms with E-state index in [-0.39, 0.29) is 23.2 Å². The van der Waals surface area contributed by atoms with Gasteiger partial charge in [-0.15, -0.1) is 4.91 Å². The van der Waals surface area contributed by atoms with E-state index in [9.17, 15) is 14.5 Å². The molecular weight excluding hydrogens is 538 g/mol. The van der Waals surface area contributed by atoms with E-state index in [4.69, 9.17) is 21.1 Å².